The van der Waals surface area contributed by atoms with Gasteiger partial charge in [0, 0.05) is 45.1 Å². The number of fused-ring (bicyclic) bond motifs is 1. The lowest BCUT2D eigenvalue weighted by Gasteiger charge is -2.36. The lowest BCUT2D eigenvalue weighted by Crippen LogP contribution is -2.46. The summed E-state index contributed by atoms with van der Waals surface area (Å²) in [4.78, 5) is 31.1. The van der Waals surface area contributed by atoms with Crippen molar-refractivity contribution in [3.63, 3.8) is 0 Å². The number of ether oxygens (including phenoxy) is 2. The zero-order valence-corrected chi connectivity index (χ0v) is 24.8. The predicted molar refractivity (Wildman–Crippen MR) is 161 cm³/mol. The molecule has 2 aliphatic rings. The van der Waals surface area contributed by atoms with Crippen molar-refractivity contribution in [3.05, 3.63) is 52.0 Å². The molecule has 8 nitrogen and oxygen atoms in total. The van der Waals surface area contributed by atoms with Crippen LogP contribution >= 0.6 is 23.2 Å². The highest BCUT2D eigenvalue weighted by molar-refractivity contribution is 6.43. The number of aryl methyl sites for hydroxylation is 1. The molecule has 1 saturated heterocycles. The van der Waals surface area contributed by atoms with Gasteiger partial charge in [0.2, 0.25) is 5.91 Å². The van der Waals surface area contributed by atoms with E-state index in [9.17, 15) is 9.59 Å². The van der Waals surface area contributed by atoms with Gasteiger partial charge in [-0.2, -0.15) is 0 Å². The Bertz CT molecular complexity index is 1140. The number of unbranched alkanes of at least 4 members (excludes halogenated alkanes) is 1. The van der Waals surface area contributed by atoms with Gasteiger partial charge >= 0.3 is 5.97 Å². The lowest BCUT2D eigenvalue weighted by atomic mass is 10.0. The summed E-state index contributed by atoms with van der Waals surface area (Å²) < 4.78 is 11.5. The van der Waals surface area contributed by atoms with E-state index in [-0.39, 0.29) is 18.6 Å². The maximum absolute atomic E-state index is 12.6. The van der Waals surface area contributed by atoms with Crippen LogP contribution in [-0.4, -0.2) is 75.9 Å². The van der Waals surface area contributed by atoms with Gasteiger partial charge in [0.25, 0.3) is 0 Å². The molecule has 40 heavy (non-hydrogen) atoms. The molecule has 0 unspecified atom stereocenters. The normalized spacial score (nSPS) is 15.7. The van der Waals surface area contributed by atoms with Gasteiger partial charge in [0.15, 0.2) is 6.73 Å². The Morgan fingerprint density at radius 1 is 1.00 bits per heavy atom. The largest absolute Gasteiger partial charge is 0.494 e. The summed E-state index contributed by atoms with van der Waals surface area (Å²) in [5, 5.41) is 4.41. The van der Waals surface area contributed by atoms with Gasteiger partial charge in [-0.15, -0.1) is 0 Å². The highest BCUT2D eigenvalue weighted by atomic mass is 35.5. The van der Waals surface area contributed by atoms with E-state index in [0.717, 1.165) is 81.3 Å². The Morgan fingerprint density at radius 2 is 1.82 bits per heavy atom. The van der Waals surface area contributed by atoms with Crippen molar-refractivity contribution in [2.24, 2.45) is 0 Å². The summed E-state index contributed by atoms with van der Waals surface area (Å²) in [5.74, 6) is 0.394. The molecule has 2 aliphatic heterocycles. The smallest absolute Gasteiger partial charge is 0.307 e. The van der Waals surface area contributed by atoms with E-state index in [0.29, 0.717) is 42.3 Å². The Balaban J connectivity index is 1.18. The zero-order valence-electron chi connectivity index (χ0n) is 23.3. The Kier molecular flexibility index (Phi) is 11.8. The van der Waals surface area contributed by atoms with E-state index in [1.165, 1.54) is 0 Å². The highest BCUT2D eigenvalue weighted by Crippen LogP contribution is 2.33. The molecule has 0 radical (unpaired) electrons. The molecule has 1 fully saturated rings. The number of nitrogens with zero attached hydrogens (tertiary/aromatic N) is 3. The Hall–Kier alpha value is -2.52. The number of amides is 1. The van der Waals surface area contributed by atoms with Crippen molar-refractivity contribution in [3.8, 4) is 5.75 Å². The van der Waals surface area contributed by atoms with E-state index in [2.05, 4.69) is 15.1 Å². The minimum Gasteiger partial charge on any atom is -0.494 e. The number of carbonyl (C=O) groups is 2. The summed E-state index contributed by atoms with van der Waals surface area (Å²) in [6.07, 6.45) is 4.10. The number of hydrogen-bond donors (Lipinski definition) is 1. The van der Waals surface area contributed by atoms with Gasteiger partial charge in [0.1, 0.15) is 5.75 Å². The van der Waals surface area contributed by atoms with Gasteiger partial charge < -0.3 is 19.7 Å². The topological polar surface area (TPSA) is 74.3 Å². The van der Waals surface area contributed by atoms with Crippen LogP contribution in [0.3, 0.4) is 0 Å². The van der Waals surface area contributed by atoms with Crippen LogP contribution in [0.15, 0.2) is 36.4 Å². The minimum atomic E-state index is -0.292. The SMILES string of the molecule is CCNCCCC(=O)OCN1C(=O)CCc2ccc(OCCCCN3CCN(c4cccc(Cl)c4Cl)CC3)cc21. The summed E-state index contributed by atoms with van der Waals surface area (Å²) in [6, 6.07) is 11.6. The summed E-state index contributed by atoms with van der Waals surface area (Å²) in [6.45, 7) is 9.05. The maximum Gasteiger partial charge on any atom is 0.307 e. The van der Waals surface area contributed by atoms with Crippen LogP contribution in [0.4, 0.5) is 11.4 Å². The quantitative estimate of drug-likeness (QED) is 0.241. The summed E-state index contributed by atoms with van der Waals surface area (Å²) >= 11 is 12.6. The van der Waals surface area contributed by atoms with Gasteiger partial charge in [-0.1, -0.05) is 42.3 Å². The first-order valence-corrected chi connectivity index (χ1v) is 15.1. The fourth-order valence-electron chi connectivity index (χ4n) is 5.07. The predicted octanol–water partition coefficient (Wildman–Crippen LogP) is 5.14. The summed E-state index contributed by atoms with van der Waals surface area (Å²) in [7, 11) is 0. The minimum absolute atomic E-state index is 0.0390. The van der Waals surface area contributed by atoms with E-state index in [1.807, 2.05) is 43.3 Å². The molecule has 0 bridgehead atoms. The van der Waals surface area contributed by atoms with Crippen molar-refractivity contribution >= 4 is 46.5 Å². The molecule has 0 aromatic heterocycles. The molecule has 2 heterocycles. The first kappa shape index (κ1) is 30.4. The number of rotatable bonds is 14. The average Bonchev–Trinajstić information content (AvgIpc) is 2.96. The molecule has 10 heteroatoms. The molecule has 0 aliphatic carbocycles. The van der Waals surface area contributed by atoms with E-state index in [1.54, 1.807) is 4.90 Å². The number of benzene rings is 2. The van der Waals surface area contributed by atoms with E-state index < -0.39 is 0 Å². The molecule has 218 valence electrons. The van der Waals surface area contributed by atoms with Crippen molar-refractivity contribution < 1.29 is 19.1 Å². The van der Waals surface area contributed by atoms with Gasteiger partial charge in [-0.05, 0) is 69.1 Å². The molecule has 0 atom stereocenters. The first-order chi connectivity index (χ1) is 19.5. The molecular weight excluding hydrogens is 551 g/mol. The second kappa shape index (κ2) is 15.5. The monoisotopic (exact) mass is 590 g/mol. The number of esters is 1. The first-order valence-electron chi connectivity index (χ1n) is 14.3. The molecule has 2 aromatic rings. The fraction of sp³-hybridized carbons (Fsp3) is 0.533. The van der Waals surface area contributed by atoms with Crippen LogP contribution in [0.25, 0.3) is 0 Å². The maximum atomic E-state index is 12.6. The summed E-state index contributed by atoms with van der Waals surface area (Å²) in [5.41, 5.74) is 2.84. The van der Waals surface area contributed by atoms with Crippen molar-refractivity contribution in [2.45, 2.75) is 45.4 Å². The fourth-order valence-corrected chi connectivity index (χ4v) is 5.48. The van der Waals surface area contributed by atoms with Crippen LogP contribution in [0.1, 0.15) is 44.6 Å². The molecule has 2 aromatic carbocycles. The van der Waals surface area contributed by atoms with Gasteiger partial charge in [-0.3, -0.25) is 19.4 Å². The average molecular weight is 592 g/mol. The van der Waals surface area contributed by atoms with Crippen LogP contribution in [0, 0.1) is 0 Å². The number of hydrogen-bond acceptors (Lipinski definition) is 7. The van der Waals surface area contributed by atoms with Crippen LogP contribution in [0.5, 0.6) is 5.75 Å². The highest BCUT2D eigenvalue weighted by Gasteiger charge is 2.26. The molecular formula is C30H40Cl2N4O4. The van der Waals surface area contributed by atoms with Crippen molar-refractivity contribution in [1.82, 2.24) is 10.2 Å². The van der Waals surface area contributed by atoms with E-state index in [4.69, 9.17) is 32.7 Å². The molecule has 0 saturated carbocycles. The molecule has 1 N–H and O–H groups in total. The number of halogens is 2. The van der Waals surface area contributed by atoms with Gasteiger partial charge in [-0.25, -0.2) is 0 Å². The second-order valence-electron chi connectivity index (χ2n) is 10.2. The van der Waals surface area contributed by atoms with Crippen molar-refractivity contribution in [2.75, 3.05) is 69.0 Å². The number of piperazine rings is 1. The van der Waals surface area contributed by atoms with Crippen LogP contribution < -0.4 is 19.9 Å². The number of anilines is 2. The van der Waals surface area contributed by atoms with Crippen LogP contribution in [-0.2, 0) is 20.7 Å². The number of nitrogens with one attached hydrogen (secondary N) is 1. The third kappa shape index (κ3) is 8.49. The Labute approximate surface area is 247 Å². The standard InChI is InChI=1S/C30H40Cl2N4O4/c1-2-33-14-6-9-29(38)40-22-36-27-21-24(12-10-23(27)11-13-28(36)37)39-20-4-3-15-34-16-18-35(19-17-34)26-8-5-7-25(31)30(26)32/h5,7-8,10,12,21,33H,2-4,6,9,11,13-20,22H2,1H3. The van der Waals surface area contributed by atoms with Gasteiger partial charge in [0.05, 0.1) is 28.0 Å². The molecule has 4 rings (SSSR count). The van der Waals surface area contributed by atoms with Crippen molar-refractivity contribution in [1.29, 1.82) is 0 Å². The third-order valence-corrected chi connectivity index (χ3v) is 8.19. The van der Waals surface area contributed by atoms with Crippen LogP contribution in [0.2, 0.25) is 10.0 Å². The second-order valence-corrected chi connectivity index (χ2v) is 11.0. The molecule has 0 spiro atoms. The number of carbonyl (C=O) groups excluding carboxylic acids is 2. The Morgan fingerprint density at radius 3 is 2.62 bits per heavy atom. The molecule has 1 amide bonds. The lowest BCUT2D eigenvalue weighted by molar-refractivity contribution is -0.144. The third-order valence-electron chi connectivity index (χ3n) is 7.38. The van der Waals surface area contributed by atoms with E-state index >= 15 is 0 Å². The zero-order chi connectivity index (χ0) is 28.3.